The van der Waals surface area contributed by atoms with Crippen LogP contribution in [0.2, 0.25) is 0 Å². The predicted octanol–water partition coefficient (Wildman–Crippen LogP) is 1.45. The topological polar surface area (TPSA) is 41.5 Å². The molecular weight excluding hydrogens is 104 g/mol. The van der Waals surface area contributed by atoms with Crippen LogP contribution in [-0.4, -0.2) is 6.04 Å². The lowest BCUT2D eigenvalue weighted by Crippen LogP contribution is -2.21. The largest absolute Gasteiger partial charge is 0.271 e. The minimum Gasteiger partial charge on any atom is -0.271 e. The molecule has 48 valence electrons. The molecule has 0 aromatic rings. The number of nitroso groups, excluding NO2 is 1. The van der Waals surface area contributed by atoms with Crippen LogP contribution >= 0.6 is 0 Å². The number of hydrogen-bond acceptors (Lipinski definition) is 2. The smallest absolute Gasteiger partial charge is 0.0499 e. The second-order valence-electron chi connectivity index (χ2n) is 1.73. The molecule has 0 unspecified atom stereocenters. The molecule has 0 atom stereocenters. The van der Waals surface area contributed by atoms with E-state index in [2.05, 4.69) is 10.7 Å². The summed E-state index contributed by atoms with van der Waals surface area (Å²) in [5.41, 5.74) is 2.45. The van der Waals surface area contributed by atoms with E-state index >= 15 is 0 Å². The van der Waals surface area contributed by atoms with Gasteiger partial charge in [0.1, 0.15) is 0 Å². The Morgan fingerprint density at radius 2 is 2.00 bits per heavy atom. The lowest BCUT2D eigenvalue weighted by Gasteiger charge is -2.06. The Morgan fingerprint density at radius 1 is 1.50 bits per heavy atom. The number of nitrogens with zero attached hydrogens (tertiary/aromatic N) is 1. The van der Waals surface area contributed by atoms with Gasteiger partial charge in [0, 0.05) is 11.3 Å². The fourth-order valence-corrected chi connectivity index (χ4v) is 0.546. The lowest BCUT2D eigenvalue weighted by molar-refractivity contribution is 0.499. The standard InChI is InChI=1S/C5H12N2O/c1-3-5(4-2)6-7-8/h5H,3-4H2,1-2H3,(H,6,8). The lowest BCUT2D eigenvalue weighted by atomic mass is 10.2. The van der Waals surface area contributed by atoms with E-state index in [1.165, 1.54) is 0 Å². The van der Waals surface area contributed by atoms with Crippen molar-refractivity contribution >= 4 is 0 Å². The van der Waals surface area contributed by atoms with E-state index in [0.29, 0.717) is 0 Å². The van der Waals surface area contributed by atoms with Gasteiger partial charge in [0.15, 0.2) is 0 Å². The Balaban J connectivity index is 3.20. The van der Waals surface area contributed by atoms with Crippen LogP contribution in [0.3, 0.4) is 0 Å². The molecule has 0 fully saturated rings. The maximum atomic E-state index is 9.57. The highest BCUT2D eigenvalue weighted by Crippen LogP contribution is 1.94. The van der Waals surface area contributed by atoms with Gasteiger partial charge in [-0.15, -0.1) is 4.91 Å². The molecule has 0 aliphatic rings. The van der Waals surface area contributed by atoms with E-state index in [-0.39, 0.29) is 6.04 Å². The molecular formula is C5H12N2O. The molecule has 0 aliphatic heterocycles. The summed E-state index contributed by atoms with van der Waals surface area (Å²) >= 11 is 0. The van der Waals surface area contributed by atoms with Crippen molar-refractivity contribution < 1.29 is 0 Å². The third-order valence-corrected chi connectivity index (χ3v) is 1.22. The van der Waals surface area contributed by atoms with Gasteiger partial charge in [-0.25, -0.2) is 0 Å². The van der Waals surface area contributed by atoms with Crippen molar-refractivity contribution in [3.63, 3.8) is 0 Å². The van der Waals surface area contributed by atoms with Crippen molar-refractivity contribution in [2.24, 2.45) is 5.29 Å². The summed E-state index contributed by atoms with van der Waals surface area (Å²) in [6.45, 7) is 4.04. The van der Waals surface area contributed by atoms with Crippen LogP contribution in [-0.2, 0) is 0 Å². The molecule has 3 heteroatoms. The number of nitrogens with one attached hydrogen (secondary N) is 1. The van der Waals surface area contributed by atoms with Crippen LogP contribution in [0, 0.1) is 4.91 Å². The fourth-order valence-electron chi connectivity index (χ4n) is 0.546. The Hall–Kier alpha value is -0.600. The SMILES string of the molecule is CCC(CC)NN=O. The van der Waals surface area contributed by atoms with Crippen molar-refractivity contribution in [2.75, 3.05) is 0 Å². The molecule has 8 heavy (non-hydrogen) atoms. The molecule has 0 amide bonds. The molecule has 0 saturated carbocycles. The van der Waals surface area contributed by atoms with Crippen LogP contribution in [0.1, 0.15) is 26.7 Å². The van der Waals surface area contributed by atoms with Crippen LogP contribution in [0.25, 0.3) is 0 Å². The van der Waals surface area contributed by atoms with Gasteiger partial charge in [0.05, 0.1) is 0 Å². The first-order valence-electron chi connectivity index (χ1n) is 2.93. The third kappa shape index (κ3) is 2.55. The fraction of sp³-hybridized carbons (Fsp3) is 1.00. The van der Waals surface area contributed by atoms with Crippen molar-refractivity contribution in [2.45, 2.75) is 32.7 Å². The molecule has 0 saturated heterocycles. The maximum absolute atomic E-state index is 9.57. The first-order chi connectivity index (χ1) is 3.85. The number of hydrogen-bond donors (Lipinski definition) is 1. The predicted molar refractivity (Wildman–Crippen MR) is 33.3 cm³/mol. The zero-order valence-corrected chi connectivity index (χ0v) is 5.35. The minimum absolute atomic E-state index is 0.271. The van der Waals surface area contributed by atoms with E-state index in [0.717, 1.165) is 12.8 Å². The zero-order valence-electron chi connectivity index (χ0n) is 5.35. The highest BCUT2D eigenvalue weighted by Gasteiger charge is 1.98. The zero-order chi connectivity index (χ0) is 6.41. The molecule has 0 aromatic carbocycles. The number of rotatable bonds is 4. The molecule has 0 heterocycles. The second-order valence-corrected chi connectivity index (χ2v) is 1.73. The molecule has 0 bridgehead atoms. The van der Waals surface area contributed by atoms with E-state index in [9.17, 15) is 4.91 Å². The Kier molecular flexibility index (Phi) is 4.21. The first kappa shape index (κ1) is 7.40. The van der Waals surface area contributed by atoms with Gasteiger partial charge in [0.2, 0.25) is 0 Å². The third-order valence-electron chi connectivity index (χ3n) is 1.22. The maximum Gasteiger partial charge on any atom is 0.0499 e. The van der Waals surface area contributed by atoms with Crippen molar-refractivity contribution in [3.8, 4) is 0 Å². The van der Waals surface area contributed by atoms with E-state index in [4.69, 9.17) is 0 Å². The summed E-state index contributed by atoms with van der Waals surface area (Å²) in [6.07, 6.45) is 1.92. The Labute approximate surface area is 49.4 Å². The Bertz CT molecular complexity index is 61.4. The van der Waals surface area contributed by atoms with Crippen LogP contribution < -0.4 is 5.43 Å². The van der Waals surface area contributed by atoms with Gasteiger partial charge in [-0.1, -0.05) is 13.8 Å². The van der Waals surface area contributed by atoms with E-state index < -0.39 is 0 Å². The van der Waals surface area contributed by atoms with Crippen molar-refractivity contribution in [3.05, 3.63) is 4.91 Å². The van der Waals surface area contributed by atoms with Crippen molar-refractivity contribution in [1.29, 1.82) is 0 Å². The first-order valence-corrected chi connectivity index (χ1v) is 2.93. The molecule has 0 aromatic heterocycles. The average molecular weight is 116 g/mol. The van der Waals surface area contributed by atoms with Crippen molar-refractivity contribution in [1.82, 2.24) is 5.43 Å². The summed E-state index contributed by atoms with van der Waals surface area (Å²) < 4.78 is 0. The summed E-state index contributed by atoms with van der Waals surface area (Å²) in [4.78, 5) is 9.57. The molecule has 3 nitrogen and oxygen atoms in total. The van der Waals surface area contributed by atoms with Gasteiger partial charge in [-0.3, -0.25) is 5.43 Å². The second kappa shape index (κ2) is 4.56. The Morgan fingerprint density at radius 3 is 2.12 bits per heavy atom. The van der Waals surface area contributed by atoms with E-state index in [1.807, 2.05) is 13.8 Å². The average Bonchev–Trinajstić information content (AvgIpc) is 1.83. The normalized spacial score (nSPS) is 9.38. The quantitative estimate of drug-likeness (QED) is 0.446. The van der Waals surface area contributed by atoms with Gasteiger partial charge in [0.25, 0.3) is 0 Å². The summed E-state index contributed by atoms with van der Waals surface area (Å²) in [6, 6.07) is 0.271. The van der Waals surface area contributed by atoms with E-state index in [1.54, 1.807) is 0 Å². The van der Waals surface area contributed by atoms with Crippen LogP contribution in [0.4, 0.5) is 0 Å². The summed E-state index contributed by atoms with van der Waals surface area (Å²) in [7, 11) is 0. The highest BCUT2D eigenvalue weighted by molar-refractivity contribution is 4.56. The van der Waals surface area contributed by atoms with Crippen LogP contribution in [0.15, 0.2) is 5.29 Å². The summed E-state index contributed by atoms with van der Waals surface area (Å²) in [5, 5.41) is 2.58. The highest BCUT2D eigenvalue weighted by atomic mass is 16.3. The molecule has 0 rings (SSSR count). The molecule has 1 N–H and O–H groups in total. The summed E-state index contributed by atoms with van der Waals surface area (Å²) in [5.74, 6) is 0. The minimum atomic E-state index is 0.271. The molecule has 0 radical (unpaired) electrons. The van der Waals surface area contributed by atoms with Gasteiger partial charge in [-0.2, -0.15) is 0 Å². The molecule has 0 aliphatic carbocycles. The van der Waals surface area contributed by atoms with Crippen LogP contribution in [0.5, 0.6) is 0 Å². The molecule has 0 spiro atoms. The van der Waals surface area contributed by atoms with Gasteiger partial charge >= 0.3 is 0 Å². The van der Waals surface area contributed by atoms with Gasteiger partial charge in [-0.05, 0) is 12.8 Å². The van der Waals surface area contributed by atoms with Gasteiger partial charge < -0.3 is 0 Å². The monoisotopic (exact) mass is 116 g/mol.